The zero-order valence-electron chi connectivity index (χ0n) is 15.2. The lowest BCUT2D eigenvalue weighted by molar-refractivity contribution is -0.0323. The number of hydrogen-bond acceptors (Lipinski definition) is 6. The summed E-state index contributed by atoms with van der Waals surface area (Å²) >= 11 is 12.0. The van der Waals surface area contributed by atoms with E-state index >= 15 is 0 Å². The van der Waals surface area contributed by atoms with Crippen molar-refractivity contribution in [3.05, 3.63) is 67.0 Å². The second-order valence-corrected chi connectivity index (χ2v) is 7.62. The summed E-state index contributed by atoms with van der Waals surface area (Å²) in [6, 6.07) is 4.79. The number of aromatic amines is 1. The number of ether oxygens (including phenoxy) is 1. The molecule has 0 spiro atoms. The lowest BCUT2D eigenvalue weighted by atomic mass is 10.1. The molecule has 4 rings (SSSR count). The van der Waals surface area contributed by atoms with Gasteiger partial charge in [0.25, 0.3) is 5.56 Å². The number of H-pyrrole nitrogens is 1. The van der Waals surface area contributed by atoms with Gasteiger partial charge in [0, 0.05) is 23.7 Å². The van der Waals surface area contributed by atoms with E-state index < -0.39 is 23.6 Å². The largest absolute Gasteiger partial charge is 0.394 e. The molecule has 0 saturated carbocycles. The monoisotopic (exact) mass is 437 g/mol. The van der Waals surface area contributed by atoms with Crippen LogP contribution >= 0.6 is 23.2 Å². The van der Waals surface area contributed by atoms with E-state index in [0.717, 1.165) is 5.56 Å². The number of aryl methyl sites for hydroxylation is 1. The highest BCUT2D eigenvalue weighted by molar-refractivity contribution is 6.42. The fourth-order valence-electron chi connectivity index (χ4n) is 3.36. The number of benzene rings is 1. The van der Waals surface area contributed by atoms with Crippen LogP contribution in [0.1, 0.15) is 24.3 Å². The van der Waals surface area contributed by atoms with Crippen LogP contribution in [-0.2, 0) is 4.74 Å². The maximum atomic E-state index is 12.2. The quantitative estimate of drug-likeness (QED) is 0.644. The SMILES string of the molecule is Cc1cn([C@@H]2C[C@H](n3cc(-c4ccc(Cl)c(Cl)c4)nn3)[C@H](CO)O2)c(=O)[nH]c1=O. The number of aliphatic hydroxyl groups is 1. The molecule has 0 bridgehead atoms. The van der Waals surface area contributed by atoms with Gasteiger partial charge in [0.05, 0.1) is 28.9 Å². The molecule has 2 aromatic heterocycles. The van der Waals surface area contributed by atoms with Crippen LogP contribution in [0.15, 0.2) is 40.2 Å². The first-order chi connectivity index (χ1) is 13.9. The summed E-state index contributed by atoms with van der Waals surface area (Å²) in [5.41, 5.74) is 0.704. The van der Waals surface area contributed by atoms with E-state index in [1.54, 1.807) is 36.0 Å². The third kappa shape index (κ3) is 3.74. The molecule has 0 radical (unpaired) electrons. The summed E-state index contributed by atoms with van der Waals surface area (Å²) in [5, 5.41) is 18.9. The Bertz CT molecular complexity index is 1170. The van der Waals surface area contributed by atoms with E-state index in [0.29, 0.717) is 27.7 Å². The molecule has 11 heteroatoms. The smallest absolute Gasteiger partial charge is 0.330 e. The fourth-order valence-corrected chi connectivity index (χ4v) is 3.65. The number of halogens is 2. The lowest BCUT2D eigenvalue weighted by Crippen LogP contribution is -2.33. The van der Waals surface area contributed by atoms with Crippen molar-refractivity contribution in [3.63, 3.8) is 0 Å². The van der Waals surface area contributed by atoms with Crippen LogP contribution < -0.4 is 11.2 Å². The highest BCUT2D eigenvalue weighted by Gasteiger charge is 2.38. The van der Waals surface area contributed by atoms with E-state index in [1.165, 1.54) is 10.8 Å². The standard InChI is InChI=1S/C18H17Cl2N5O4/c1-9-6-24(18(28)21-17(9)27)16-5-14(15(8-26)29-16)25-7-13(22-23-25)10-2-3-11(19)12(20)4-10/h2-4,6-7,14-16,26H,5,8H2,1H3,(H,21,27,28)/t14-,15-,16-/m0/s1. The predicted molar refractivity (Wildman–Crippen MR) is 106 cm³/mol. The van der Waals surface area contributed by atoms with Crippen molar-refractivity contribution in [2.45, 2.75) is 31.7 Å². The highest BCUT2D eigenvalue weighted by atomic mass is 35.5. The lowest BCUT2D eigenvalue weighted by Gasteiger charge is -2.15. The van der Waals surface area contributed by atoms with Crippen molar-refractivity contribution < 1.29 is 9.84 Å². The molecule has 0 amide bonds. The molecular weight excluding hydrogens is 421 g/mol. The second kappa shape index (κ2) is 7.75. The molecule has 1 fully saturated rings. The molecule has 0 aliphatic carbocycles. The molecule has 9 nitrogen and oxygen atoms in total. The summed E-state index contributed by atoms with van der Waals surface area (Å²) in [6.45, 7) is 1.34. The normalized spacial score (nSPS) is 21.6. The Balaban J connectivity index is 1.63. The van der Waals surface area contributed by atoms with Gasteiger partial charge in [-0.1, -0.05) is 34.5 Å². The zero-order chi connectivity index (χ0) is 20.7. The van der Waals surface area contributed by atoms with Crippen molar-refractivity contribution >= 4 is 23.2 Å². The molecule has 1 aliphatic heterocycles. The average molecular weight is 438 g/mol. The van der Waals surface area contributed by atoms with Gasteiger partial charge in [-0.05, 0) is 19.1 Å². The van der Waals surface area contributed by atoms with Gasteiger partial charge in [0.15, 0.2) is 0 Å². The van der Waals surface area contributed by atoms with E-state index in [4.69, 9.17) is 27.9 Å². The predicted octanol–water partition coefficient (Wildman–Crippen LogP) is 1.93. The third-order valence-electron chi connectivity index (χ3n) is 4.91. The highest BCUT2D eigenvalue weighted by Crippen LogP contribution is 2.36. The zero-order valence-corrected chi connectivity index (χ0v) is 16.8. The van der Waals surface area contributed by atoms with E-state index in [1.807, 2.05) is 0 Å². The van der Waals surface area contributed by atoms with Gasteiger partial charge in [-0.25, -0.2) is 9.48 Å². The molecular formula is C18H17Cl2N5O4. The molecule has 2 N–H and O–H groups in total. The minimum Gasteiger partial charge on any atom is -0.394 e. The first kappa shape index (κ1) is 19.8. The number of hydrogen-bond donors (Lipinski definition) is 2. The minimum absolute atomic E-state index is 0.264. The molecule has 3 heterocycles. The Labute approximate surface area is 174 Å². The summed E-state index contributed by atoms with van der Waals surface area (Å²) in [5.74, 6) is 0. The topological polar surface area (TPSA) is 115 Å². The summed E-state index contributed by atoms with van der Waals surface area (Å²) < 4.78 is 8.77. The Morgan fingerprint density at radius 2 is 2.07 bits per heavy atom. The Kier molecular flexibility index (Phi) is 5.30. The summed E-state index contributed by atoms with van der Waals surface area (Å²) in [6.07, 6.45) is 2.28. The van der Waals surface area contributed by atoms with Crippen LogP contribution in [0.3, 0.4) is 0 Å². The molecule has 29 heavy (non-hydrogen) atoms. The number of aromatic nitrogens is 5. The summed E-state index contributed by atoms with van der Waals surface area (Å²) in [4.78, 5) is 26.0. The molecule has 3 atom stereocenters. The second-order valence-electron chi connectivity index (χ2n) is 6.81. The number of aliphatic hydroxyl groups excluding tert-OH is 1. The maximum absolute atomic E-state index is 12.2. The van der Waals surface area contributed by atoms with Crippen molar-refractivity contribution in [1.29, 1.82) is 0 Å². The van der Waals surface area contributed by atoms with E-state index in [9.17, 15) is 14.7 Å². The summed E-state index contributed by atoms with van der Waals surface area (Å²) in [7, 11) is 0. The van der Waals surface area contributed by atoms with E-state index in [2.05, 4.69) is 15.3 Å². The molecule has 3 aromatic rings. The Hall–Kier alpha value is -2.46. The Morgan fingerprint density at radius 3 is 2.79 bits per heavy atom. The number of nitrogens with zero attached hydrogens (tertiary/aromatic N) is 4. The number of rotatable bonds is 4. The van der Waals surface area contributed by atoms with Gasteiger partial charge in [0.2, 0.25) is 0 Å². The molecule has 1 aliphatic rings. The van der Waals surface area contributed by atoms with Gasteiger partial charge in [-0.15, -0.1) is 5.10 Å². The van der Waals surface area contributed by atoms with Gasteiger partial charge < -0.3 is 9.84 Å². The van der Waals surface area contributed by atoms with Gasteiger partial charge in [0.1, 0.15) is 18.0 Å². The van der Waals surface area contributed by atoms with Gasteiger partial charge in [-0.2, -0.15) is 0 Å². The Morgan fingerprint density at radius 1 is 1.28 bits per heavy atom. The molecule has 0 unspecified atom stereocenters. The molecule has 1 saturated heterocycles. The van der Waals surface area contributed by atoms with Crippen molar-refractivity contribution in [2.75, 3.05) is 6.61 Å². The van der Waals surface area contributed by atoms with Crippen LogP contribution in [0, 0.1) is 6.92 Å². The van der Waals surface area contributed by atoms with Crippen LogP contribution in [-0.4, -0.2) is 42.4 Å². The van der Waals surface area contributed by atoms with Crippen LogP contribution in [0.2, 0.25) is 10.0 Å². The minimum atomic E-state index is -0.655. The average Bonchev–Trinajstić information content (AvgIpc) is 3.33. The first-order valence-electron chi connectivity index (χ1n) is 8.83. The fraction of sp³-hybridized carbons (Fsp3) is 0.333. The van der Waals surface area contributed by atoms with Crippen LogP contribution in [0.5, 0.6) is 0 Å². The van der Waals surface area contributed by atoms with Gasteiger partial charge in [-0.3, -0.25) is 14.3 Å². The van der Waals surface area contributed by atoms with Crippen LogP contribution in [0.25, 0.3) is 11.3 Å². The van der Waals surface area contributed by atoms with Crippen molar-refractivity contribution in [2.24, 2.45) is 0 Å². The van der Waals surface area contributed by atoms with Gasteiger partial charge >= 0.3 is 5.69 Å². The van der Waals surface area contributed by atoms with Crippen molar-refractivity contribution in [3.8, 4) is 11.3 Å². The molecule has 152 valence electrons. The maximum Gasteiger partial charge on any atom is 0.330 e. The number of nitrogens with one attached hydrogen (secondary N) is 1. The van der Waals surface area contributed by atoms with Crippen LogP contribution in [0.4, 0.5) is 0 Å². The van der Waals surface area contributed by atoms with E-state index in [-0.39, 0.29) is 12.6 Å². The first-order valence-corrected chi connectivity index (χ1v) is 9.58. The molecule has 1 aromatic carbocycles. The van der Waals surface area contributed by atoms with Crippen molar-refractivity contribution in [1.82, 2.24) is 24.5 Å². The third-order valence-corrected chi connectivity index (χ3v) is 5.64.